The van der Waals surface area contributed by atoms with Crippen LogP contribution in [0.1, 0.15) is 26.6 Å². The molecular weight excluding hydrogens is 311 g/mol. The van der Waals surface area contributed by atoms with Crippen LogP contribution in [0.15, 0.2) is 12.1 Å². The van der Waals surface area contributed by atoms with E-state index in [1.54, 1.807) is 12.1 Å². The Balaban J connectivity index is 2.83. The van der Waals surface area contributed by atoms with Crippen molar-refractivity contribution in [3.63, 3.8) is 0 Å². The molecule has 23 heavy (non-hydrogen) atoms. The third-order valence-corrected chi connectivity index (χ3v) is 2.96. The Bertz CT molecular complexity index is 724. The molecule has 0 spiro atoms. The second kappa shape index (κ2) is 5.75. The zero-order chi connectivity index (χ0) is 17.4. The van der Waals surface area contributed by atoms with E-state index in [0.717, 1.165) is 0 Å². The Morgan fingerprint density at radius 1 is 1.00 bits per heavy atom. The Labute approximate surface area is 131 Å². The van der Waals surface area contributed by atoms with Crippen molar-refractivity contribution in [3.05, 3.63) is 18.0 Å². The molecule has 0 saturated heterocycles. The summed E-state index contributed by atoms with van der Waals surface area (Å²) in [7, 11) is 2.76. The van der Waals surface area contributed by atoms with Gasteiger partial charge in [-0.1, -0.05) is 0 Å². The molecule has 0 aliphatic carbocycles. The van der Waals surface area contributed by atoms with Crippen molar-refractivity contribution in [2.24, 2.45) is 0 Å². The normalized spacial score (nSPS) is 12.3. The number of alkyl halides is 3. The first-order valence-electron chi connectivity index (χ1n) is 6.85. The molecule has 2 rings (SSSR count). The van der Waals surface area contributed by atoms with Crippen LogP contribution in [0.4, 0.5) is 19.0 Å². The molecule has 0 unspecified atom stereocenters. The van der Waals surface area contributed by atoms with Crippen LogP contribution in [0.3, 0.4) is 0 Å². The van der Waals surface area contributed by atoms with E-state index in [1.807, 2.05) is 20.8 Å². The van der Waals surface area contributed by atoms with Gasteiger partial charge in [0, 0.05) is 10.9 Å². The smallest absolute Gasteiger partial charge is 0.451 e. The molecule has 0 radical (unpaired) electrons. The van der Waals surface area contributed by atoms with Crippen molar-refractivity contribution in [1.29, 1.82) is 0 Å². The molecule has 0 fully saturated rings. The Kier molecular flexibility index (Phi) is 4.28. The van der Waals surface area contributed by atoms with Crippen LogP contribution in [0.5, 0.6) is 11.5 Å². The van der Waals surface area contributed by atoms with Gasteiger partial charge in [-0.2, -0.15) is 13.2 Å². The summed E-state index contributed by atoms with van der Waals surface area (Å²) in [5, 5.41) is 3.40. The first kappa shape index (κ1) is 17.1. The summed E-state index contributed by atoms with van der Waals surface area (Å²) < 4.78 is 49.7. The molecule has 0 bridgehead atoms. The van der Waals surface area contributed by atoms with Crippen LogP contribution in [0, 0.1) is 0 Å². The largest absolute Gasteiger partial charge is 0.493 e. The number of hydrogen-bond donors (Lipinski definition) is 1. The number of aromatic nitrogens is 2. The number of hydrogen-bond acceptors (Lipinski definition) is 5. The zero-order valence-corrected chi connectivity index (χ0v) is 13.5. The molecule has 0 saturated carbocycles. The summed E-state index contributed by atoms with van der Waals surface area (Å²) in [6.07, 6.45) is -4.67. The number of methoxy groups -OCH3 is 2. The van der Waals surface area contributed by atoms with E-state index in [1.165, 1.54) is 14.2 Å². The monoisotopic (exact) mass is 329 g/mol. The maximum Gasteiger partial charge on any atom is 0.451 e. The molecule has 0 aliphatic heterocycles. The minimum Gasteiger partial charge on any atom is -0.493 e. The first-order chi connectivity index (χ1) is 10.6. The highest BCUT2D eigenvalue weighted by Gasteiger charge is 2.36. The van der Waals surface area contributed by atoms with Crippen molar-refractivity contribution in [2.45, 2.75) is 32.5 Å². The summed E-state index contributed by atoms with van der Waals surface area (Å²) in [5.41, 5.74) is -0.432. The van der Waals surface area contributed by atoms with Gasteiger partial charge in [0.2, 0.25) is 5.82 Å². The summed E-state index contributed by atoms with van der Waals surface area (Å²) in [5.74, 6) is -0.706. The van der Waals surface area contributed by atoms with Gasteiger partial charge in [0.05, 0.1) is 14.2 Å². The molecule has 1 aromatic heterocycles. The van der Waals surface area contributed by atoms with E-state index in [4.69, 9.17) is 9.47 Å². The third kappa shape index (κ3) is 3.57. The lowest BCUT2D eigenvalue weighted by molar-refractivity contribution is -0.144. The number of fused-ring (bicyclic) bond motifs is 1. The Morgan fingerprint density at radius 3 is 2.13 bits per heavy atom. The average Bonchev–Trinajstić information content (AvgIpc) is 2.43. The lowest BCUT2D eigenvalue weighted by Gasteiger charge is -2.23. The lowest BCUT2D eigenvalue weighted by Crippen LogP contribution is -2.27. The molecule has 8 heteroatoms. The molecule has 126 valence electrons. The maximum absolute atomic E-state index is 13.1. The summed E-state index contributed by atoms with van der Waals surface area (Å²) >= 11 is 0. The minimum absolute atomic E-state index is 0.0425. The fourth-order valence-electron chi connectivity index (χ4n) is 2.09. The highest BCUT2D eigenvalue weighted by Crippen LogP contribution is 2.39. The maximum atomic E-state index is 13.1. The first-order valence-corrected chi connectivity index (χ1v) is 6.85. The third-order valence-electron chi connectivity index (χ3n) is 2.96. The van der Waals surface area contributed by atoms with Gasteiger partial charge in [-0.25, -0.2) is 9.97 Å². The molecule has 0 aliphatic rings. The van der Waals surface area contributed by atoms with Gasteiger partial charge < -0.3 is 14.8 Å². The fraction of sp³-hybridized carbons (Fsp3) is 0.467. The van der Waals surface area contributed by atoms with Gasteiger partial charge in [0.1, 0.15) is 11.3 Å². The van der Waals surface area contributed by atoms with Crippen molar-refractivity contribution in [3.8, 4) is 11.5 Å². The molecule has 5 nitrogen and oxygen atoms in total. The van der Waals surface area contributed by atoms with Gasteiger partial charge >= 0.3 is 6.18 Å². The molecular formula is C15H18F3N3O2. The number of nitrogens with one attached hydrogen (secondary N) is 1. The van der Waals surface area contributed by atoms with Crippen molar-refractivity contribution in [2.75, 3.05) is 19.5 Å². The van der Waals surface area contributed by atoms with Gasteiger partial charge in [0.25, 0.3) is 0 Å². The number of halogens is 3. The highest BCUT2D eigenvalue weighted by atomic mass is 19.4. The highest BCUT2D eigenvalue weighted by molar-refractivity contribution is 5.95. The van der Waals surface area contributed by atoms with Crippen molar-refractivity contribution < 1.29 is 22.6 Å². The quantitative estimate of drug-likeness (QED) is 0.926. The van der Waals surface area contributed by atoms with E-state index in [-0.39, 0.29) is 17.1 Å². The summed E-state index contributed by atoms with van der Waals surface area (Å²) in [6, 6.07) is 3.20. The predicted molar refractivity (Wildman–Crippen MR) is 81.0 cm³/mol. The predicted octanol–water partition coefficient (Wildman–Crippen LogP) is 3.88. The Hall–Kier alpha value is -2.25. The van der Waals surface area contributed by atoms with Crippen LogP contribution in [0.2, 0.25) is 0 Å². The lowest BCUT2D eigenvalue weighted by atomic mass is 10.1. The second-order valence-corrected chi connectivity index (χ2v) is 5.97. The van der Waals surface area contributed by atoms with E-state index in [9.17, 15) is 13.2 Å². The fourth-order valence-corrected chi connectivity index (χ4v) is 2.09. The van der Waals surface area contributed by atoms with E-state index in [0.29, 0.717) is 11.1 Å². The summed E-state index contributed by atoms with van der Waals surface area (Å²) in [6.45, 7) is 5.48. The van der Waals surface area contributed by atoms with Crippen LogP contribution in [-0.2, 0) is 6.18 Å². The molecule has 1 heterocycles. The van der Waals surface area contributed by atoms with E-state index in [2.05, 4.69) is 15.3 Å². The molecule has 1 N–H and O–H groups in total. The second-order valence-electron chi connectivity index (χ2n) is 5.97. The number of anilines is 1. The summed E-state index contributed by atoms with van der Waals surface area (Å²) in [4.78, 5) is 7.28. The molecule has 0 amide bonds. The number of benzene rings is 1. The van der Waals surface area contributed by atoms with Gasteiger partial charge in [-0.15, -0.1) is 0 Å². The molecule has 2 aromatic rings. The van der Waals surface area contributed by atoms with Gasteiger partial charge in [0.15, 0.2) is 11.5 Å². The van der Waals surface area contributed by atoms with Crippen molar-refractivity contribution in [1.82, 2.24) is 9.97 Å². The number of nitrogens with zero attached hydrogens (tertiary/aromatic N) is 2. The zero-order valence-electron chi connectivity index (χ0n) is 13.5. The van der Waals surface area contributed by atoms with Crippen LogP contribution < -0.4 is 14.8 Å². The number of rotatable bonds is 3. The van der Waals surface area contributed by atoms with Gasteiger partial charge in [-0.3, -0.25) is 0 Å². The standard InChI is InChI=1S/C15H18F3N3O2/c1-14(2,3)21-12-8-6-7-9(22-4)11(23-5)10(8)19-13(20-12)15(16,17)18/h6-7H,1-5H3,(H,19,20,21). The molecule has 1 aromatic carbocycles. The van der Waals surface area contributed by atoms with E-state index >= 15 is 0 Å². The van der Waals surface area contributed by atoms with Crippen LogP contribution in [0.25, 0.3) is 10.9 Å². The average molecular weight is 329 g/mol. The minimum atomic E-state index is -4.67. The molecule has 0 atom stereocenters. The Morgan fingerprint density at radius 2 is 1.65 bits per heavy atom. The van der Waals surface area contributed by atoms with Crippen LogP contribution >= 0.6 is 0 Å². The van der Waals surface area contributed by atoms with Crippen molar-refractivity contribution >= 4 is 16.7 Å². The topological polar surface area (TPSA) is 56.3 Å². The SMILES string of the molecule is COc1ccc2c(NC(C)(C)C)nc(C(F)(F)F)nc2c1OC. The van der Waals surface area contributed by atoms with Crippen LogP contribution in [-0.4, -0.2) is 29.7 Å². The number of ether oxygens (including phenoxy) is 2. The van der Waals surface area contributed by atoms with E-state index < -0.39 is 17.5 Å². The van der Waals surface area contributed by atoms with Gasteiger partial charge in [-0.05, 0) is 32.9 Å².